The van der Waals surface area contributed by atoms with Gasteiger partial charge in [-0.1, -0.05) is 20.8 Å². The van der Waals surface area contributed by atoms with Crippen LogP contribution in [0, 0.1) is 5.41 Å². The molecule has 0 bridgehead atoms. The van der Waals surface area contributed by atoms with Crippen molar-refractivity contribution in [2.45, 2.75) is 33.4 Å². The molecule has 0 spiro atoms. The fourth-order valence-electron chi connectivity index (χ4n) is 0.893. The van der Waals surface area contributed by atoms with Gasteiger partial charge in [-0.25, -0.2) is 0 Å². The number of rotatable bonds is 1. The molecule has 0 aliphatic heterocycles. The van der Waals surface area contributed by atoms with Crippen molar-refractivity contribution in [3.05, 3.63) is 11.8 Å². The number of nitrogens with zero attached hydrogens (tertiary/aromatic N) is 2. The number of halogens is 3. The van der Waals surface area contributed by atoms with Crippen LogP contribution in [0.3, 0.4) is 0 Å². The maximum absolute atomic E-state index is 12.0. The molecular formula is C8H11F3N2O. The molecule has 0 aliphatic rings. The molecule has 1 aromatic heterocycles. The molecule has 0 fully saturated rings. The minimum absolute atomic E-state index is 0.0184. The Balaban J connectivity index is 2.79. The van der Waals surface area contributed by atoms with Gasteiger partial charge >= 0.3 is 12.1 Å². The third-order valence-corrected chi connectivity index (χ3v) is 1.39. The fraction of sp³-hybridized carbons (Fsp3) is 0.750. The van der Waals surface area contributed by atoms with E-state index in [1.807, 2.05) is 20.8 Å². The quantitative estimate of drug-likeness (QED) is 0.712. The summed E-state index contributed by atoms with van der Waals surface area (Å²) >= 11 is 0. The predicted octanol–water partition coefficient (Wildman–Crippen LogP) is 2.68. The molecule has 14 heavy (non-hydrogen) atoms. The Bertz CT molecular complexity index is 311. The molecule has 6 heteroatoms. The number of aromatic nitrogens is 2. The van der Waals surface area contributed by atoms with Crippen LogP contribution in [-0.4, -0.2) is 10.2 Å². The molecule has 0 aromatic carbocycles. The largest absolute Gasteiger partial charge is 0.470 e. The predicted molar refractivity (Wildman–Crippen MR) is 42.5 cm³/mol. The highest BCUT2D eigenvalue weighted by Crippen LogP contribution is 2.29. The molecule has 3 nitrogen and oxygen atoms in total. The van der Waals surface area contributed by atoms with E-state index in [-0.39, 0.29) is 11.3 Å². The maximum Gasteiger partial charge on any atom is 0.470 e. The van der Waals surface area contributed by atoms with E-state index in [0.29, 0.717) is 6.42 Å². The molecular weight excluding hydrogens is 197 g/mol. The van der Waals surface area contributed by atoms with Gasteiger partial charge in [0.05, 0.1) is 0 Å². The minimum atomic E-state index is -4.55. The molecule has 0 N–H and O–H groups in total. The standard InChI is InChI=1S/C8H11F3N2O/c1-7(2,3)4-5-12-13-6(14-5)8(9,10)11/h4H2,1-3H3. The van der Waals surface area contributed by atoms with Crippen LogP contribution in [0.4, 0.5) is 13.2 Å². The van der Waals surface area contributed by atoms with Crippen LogP contribution in [0.5, 0.6) is 0 Å². The van der Waals surface area contributed by atoms with Crippen LogP contribution < -0.4 is 0 Å². The Morgan fingerprint density at radius 1 is 1.14 bits per heavy atom. The zero-order valence-electron chi connectivity index (χ0n) is 8.14. The summed E-state index contributed by atoms with van der Waals surface area (Å²) in [6.45, 7) is 5.64. The second-order valence-electron chi connectivity index (χ2n) is 4.24. The third-order valence-electron chi connectivity index (χ3n) is 1.39. The number of alkyl halides is 3. The first-order valence-corrected chi connectivity index (χ1v) is 4.08. The van der Waals surface area contributed by atoms with Gasteiger partial charge in [0.1, 0.15) is 0 Å². The summed E-state index contributed by atoms with van der Waals surface area (Å²) < 4.78 is 40.6. The van der Waals surface area contributed by atoms with Gasteiger partial charge in [-0.3, -0.25) is 0 Å². The van der Waals surface area contributed by atoms with Crippen molar-refractivity contribution in [2.75, 3.05) is 0 Å². The molecule has 0 atom stereocenters. The Hall–Kier alpha value is -1.07. The second-order valence-corrected chi connectivity index (χ2v) is 4.24. The van der Waals surface area contributed by atoms with Gasteiger partial charge in [0, 0.05) is 6.42 Å². The van der Waals surface area contributed by atoms with Crippen LogP contribution in [0.2, 0.25) is 0 Å². The van der Waals surface area contributed by atoms with Crippen molar-refractivity contribution >= 4 is 0 Å². The van der Waals surface area contributed by atoms with Crippen LogP contribution in [0.25, 0.3) is 0 Å². The van der Waals surface area contributed by atoms with Gasteiger partial charge < -0.3 is 4.42 Å². The van der Waals surface area contributed by atoms with Gasteiger partial charge in [-0.15, -0.1) is 10.2 Å². The Morgan fingerprint density at radius 2 is 1.71 bits per heavy atom. The van der Waals surface area contributed by atoms with Crippen LogP contribution in [0.15, 0.2) is 4.42 Å². The average molecular weight is 208 g/mol. The average Bonchev–Trinajstić information content (AvgIpc) is 2.29. The van der Waals surface area contributed by atoms with Gasteiger partial charge in [-0.2, -0.15) is 13.2 Å². The van der Waals surface area contributed by atoms with E-state index in [1.165, 1.54) is 0 Å². The molecule has 1 aromatic rings. The SMILES string of the molecule is CC(C)(C)Cc1nnc(C(F)(F)F)o1. The lowest BCUT2D eigenvalue weighted by atomic mass is 9.92. The summed E-state index contributed by atoms with van der Waals surface area (Å²) in [6, 6.07) is 0. The zero-order chi connectivity index (χ0) is 11.0. The van der Waals surface area contributed by atoms with Gasteiger partial charge in [0.25, 0.3) is 0 Å². The summed E-state index contributed by atoms with van der Waals surface area (Å²) in [5, 5.41) is 6.26. The summed E-state index contributed by atoms with van der Waals surface area (Å²) in [5.74, 6) is -1.26. The monoisotopic (exact) mass is 208 g/mol. The van der Waals surface area contributed by atoms with E-state index < -0.39 is 12.1 Å². The van der Waals surface area contributed by atoms with Crippen molar-refractivity contribution in [2.24, 2.45) is 5.41 Å². The summed E-state index contributed by atoms with van der Waals surface area (Å²) in [6.07, 6.45) is -4.22. The highest BCUT2D eigenvalue weighted by molar-refractivity contribution is 4.88. The van der Waals surface area contributed by atoms with E-state index in [9.17, 15) is 13.2 Å². The smallest absolute Gasteiger partial charge is 0.417 e. The lowest BCUT2D eigenvalue weighted by Crippen LogP contribution is -2.09. The molecule has 1 rings (SSSR count). The second kappa shape index (κ2) is 3.25. The Labute approximate surface area is 79.3 Å². The van der Waals surface area contributed by atoms with Crippen LogP contribution in [0.1, 0.15) is 32.6 Å². The highest BCUT2D eigenvalue weighted by atomic mass is 19.4. The maximum atomic E-state index is 12.0. The van der Waals surface area contributed by atoms with Gasteiger partial charge in [0.2, 0.25) is 5.89 Å². The molecule has 1 heterocycles. The molecule has 0 amide bonds. The van der Waals surface area contributed by atoms with E-state index in [0.717, 1.165) is 0 Å². The molecule has 80 valence electrons. The minimum Gasteiger partial charge on any atom is -0.417 e. The Kier molecular flexibility index (Phi) is 2.56. The van der Waals surface area contributed by atoms with Crippen molar-refractivity contribution < 1.29 is 17.6 Å². The zero-order valence-corrected chi connectivity index (χ0v) is 8.14. The highest BCUT2D eigenvalue weighted by Gasteiger charge is 2.38. The summed E-state index contributed by atoms with van der Waals surface area (Å²) in [5.41, 5.74) is -0.171. The van der Waals surface area contributed by atoms with E-state index >= 15 is 0 Å². The van der Waals surface area contributed by atoms with Gasteiger partial charge in [0.15, 0.2) is 0 Å². The van der Waals surface area contributed by atoms with Gasteiger partial charge in [-0.05, 0) is 5.41 Å². The Morgan fingerprint density at radius 3 is 2.07 bits per heavy atom. The first-order valence-electron chi connectivity index (χ1n) is 4.08. The lowest BCUT2D eigenvalue weighted by molar-refractivity contribution is -0.157. The molecule has 0 aliphatic carbocycles. The number of hydrogen-bond acceptors (Lipinski definition) is 3. The molecule has 0 saturated carbocycles. The third kappa shape index (κ3) is 3.01. The van der Waals surface area contributed by atoms with Crippen molar-refractivity contribution in [1.82, 2.24) is 10.2 Å². The first kappa shape index (κ1) is 11.0. The van der Waals surface area contributed by atoms with E-state index in [4.69, 9.17) is 0 Å². The van der Waals surface area contributed by atoms with Crippen molar-refractivity contribution in [3.63, 3.8) is 0 Å². The van der Waals surface area contributed by atoms with Crippen LogP contribution >= 0.6 is 0 Å². The summed E-state index contributed by atoms with van der Waals surface area (Å²) in [4.78, 5) is 0. The van der Waals surface area contributed by atoms with Crippen molar-refractivity contribution in [3.8, 4) is 0 Å². The lowest BCUT2D eigenvalue weighted by Gasteiger charge is -2.14. The first-order chi connectivity index (χ1) is 6.18. The normalized spacial score (nSPS) is 13.3. The summed E-state index contributed by atoms with van der Waals surface area (Å²) in [7, 11) is 0. The molecule has 0 radical (unpaired) electrons. The van der Waals surface area contributed by atoms with Crippen LogP contribution in [-0.2, 0) is 12.6 Å². The molecule has 0 unspecified atom stereocenters. The van der Waals surface area contributed by atoms with Crippen molar-refractivity contribution in [1.29, 1.82) is 0 Å². The van der Waals surface area contributed by atoms with E-state index in [1.54, 1.807) is 0 Å². The topological polar surface area (TPSA) is 38.9 Å². The number of hydrogen-bond donors (Lipinski definition) is 0. The van der Waals surface area contributed by atoms with E-state index in [2.05, 4.69) is 14.6 Å². The molecule has 0 saturated heterocycles. The fourth-order valence-corrected chi connectivity index (χ4v) is 0.893.